The summed E-state index contributed by atoms with van der Waals surface area (Å²) < 4.78 is 13.2. The van der Waals surface area contributed by atoms with E-state index in [-0.39, 0.29) is 11.7 Å². The minimum atomic E-state index is -0.306. The van der Waals surface area contributed by atoms with E-state index in [0.717, 1.165) is 47.1 Å². The van der Waals surface area contributed by atoms with Crippen LogP contribution in [0.2, 0.25) is 0 Å². The Bertz CT molecular complexity index is 970. The number of anilines is 1. The van der Waals surface area contributed by atoms with Crippen LogP contribution < -0.4 is 10.2 Å². The van der Waals surface area contributed by atoms with Gasteiger partial charge in [0, 0.05) is 48.5 Å². The lowest BCUT2D eigenvalue weighted by Crippen LogP contribution is -2.32. The van der Waals surface area contributed by atoms with Crippen molar-refractivity contribution in [3.63, 3.8) is 0 Å². The summed E-state index contributed by atoms with van der Waals surface area (Å²) in [7, 11) is 0. The van der Waals surface area contributed by atoms with Gasteiger partial charge in [-0.15, -0.1) is 0 Å². The molecule has 6 heteroatoms. The molecule has 1 amide bonds. The first-order chi connectivity index (χ1) is 14.2. The molecule has 0 aliphatic carbocycles. The number of carbonyl (C=O) groups excluding carboxylic acids is 1. The molecule has 29 heavy (non-hydrogen) atoms. The van der Waals surface area contributed by atoms with E-state index in [1.54, 1.807) is 24.3 Å². The Morgan fingerprint density at radius 1 is 1.03 bits per heavy atom. The van der Waals surface area contributed by atoms with Crippen LogP contribution in [0.25, 0.3) is 11.1 Å². The van der Waals surface area contributed by atoms with E-state index in [0.29, 0.717) is 12.1 Å². The highest BCUT2D eigenvalue weighted by atomic mass is 32.2. The Morgan fingerprint density at radius 2 is 1.79 bits per heavy atom. The monoisotopic (exact) mass is 407 g/mol. The maximum Gasteiger partial charge on any atom is 0.251 e. The molecule has 1 N–H and O–H groups in total. The fourth-order valence-electron chi connectivity index (χ4n) is 3.28. The van der Waals surface area contributed by atoms with Crippen molar-refractivity contribution in [1.82, 2.24) is 10.3 Å². The summed E-state index contributed by atoms with van der Waals surface area (Å²) in [5, 5.41) is 2.82. The Kier molecular flexibility index (Phi) is 6.10. The highest BCUT2D eigenvalue weighted by Crippen LogP contribution is 2.23. The third-order valence-electron chi connectivity index (χ3n) is 4.91. The number of hydrogen-bond acceptors (Lipinski definition) is 4. The number of hydrogen-bond donors (Lipinski definition) is 1. The van der Waals surface area contributed by atoms with E-state index < -0.39 is 0 Å². The molecule has 1 aliphatic heterocycles. The molecule has 3 aromatic rings. The maximum absolute atomic E-state index is 13.2. The largest absolute Gasteiger partial charge is 0.355 e. The fraction of sp³-hybridized carbons (Fsp3) is 0.217. The molecule has 0 saturated carbocycles. The predicted molar refractivity (Wildman–Crippen MR) is 117 cm³/mol. The van der Waals surface area contributed by atoms with Gasteiger partial charge < -0.3 is 10.2 Å². The van der Waals surface area contributed by atoms with E-state index in [4.69, 9.17) is 0 Å². The van der Waals surface area contributed by atoms with Crippen LogP contribution in [0.5, 0.6) is 0 Å². The summed E-state index contributed by atoms with van der Waals surface area (Å²) in [5.74, 6) is 2.82. The van der Waals surface area contributed by atoms with Gasteiger partial charge in [0.05, 0.1) is 0 Å². The van der Waals surface area contributed by atoms with Crippen molar-refractivity contribution in [1.29, 1.82) is 0 Å². The third-order valence-corrected chi connectivity index (χ3v) is 5.85. The number of carbonyl (C=O) groups is 1. The van der Waals surface area contributed by atoms with Crippen LogP contribution in [-0.2, 0) is 6.54 Å². The summed E-state index contributed by atoms with van der Waals surface area (Å²) >= 11 is 1.98. The molecule has 1 aromatic heterocycles. The standard InChI is InChI=1S/C23H22FN3OS/c24-21-3-1-2-17(14-21)15-26-23(28)19-6-4-18(5-7-19)20-8-9-22(25-16-20)27-10-12-29-13-11-27/h1-9,14,16H,10-13,15H2,(H,26,28). The average molecular weight is 408 g/mol. The topological polar surface area (TPSA) is 45.2 Å². The smallest absolute Gasteiger partial charge is 0.251 e. The van der Waals surface area contributed by atoms with Crippen LogP contribution >= 0.6 is 11.8 Å². The lowest BCUT2D eigenvalue weighted by molar-refractivity contribution is 0.0951. The first-order valence-electron chi connectivity index (χ1n) is 9.61. The van der Waals surface area contributed by atoms with Crippen molar-refractivity contribution in [2.24, 2.45) is 0 Å². The molecule has 1 aliphatic rings. The Balaban J connectivity index is 1.38. The first-order valence-corrected chi connectivity index (χ1v) is 10.8. The van der Waals surface area contributed by atoms with E-state index >= 15 is 0 Å². The molecule has 2 heterocycles. The minimum absolute atomic E-state index is 0.183. The maximum atomic E-state index is 13.2. The van der Waals surface area contributed by atoms with Crippen LogP contribution in [0.4, 0.5) is 10.2 Å². The van der Waals surface area contributed by atoms with Crippen LogP contribution in [0.15, 0.2) is 66.9 Å². The van der Waals surface area contributed by atoms with Crippen LogP contribution in [0.3, 0.4) is 0 Å². The normalized spacial score (nSPS) is 13.9. The SMILES string of the molecule is O=C(NCc1cccc(F)c1)c1ccc(-c2ccc(N3CCSCC3)nc2)cc1. The van der Waals surface area contributed by atoms with Gasteiger partial charge in [-0.2, -0.15) is 11.8 Å². The van der Waals surface area contributed by atoms with Gasteiger partial charge >= 0.3 is 0 Å². The summed E-state index contributed by atoms with van der Waals surface area (Å²) in [5.41, 5.74) is 3.33. The molecule has 4 nitrogen and oxygen atoms in total. The second kappa shape index (κ2) is 9.09. The van der Waals surface area contributed by atoms with Crippen molar-refractivity contribution in [2.75, 3.05) is 29.5 Å². The van der Waals surface area contributed by atoms with Gasteiger partial charge in [-0.1, -0.05) is 24.3 Å². The third kappa shape index (κ3) is 4.95. The molecule has 1 saturated heterocycles. The molecule has 0 unspecified atom stereocenters. The zero-order chi connectivity index (χ0) is 20.1. The number of aromatic nitrogens is 1. The number of nitrogens with one attached hydrogen (secondary N) is 1. The number of pyridine rings is 1. The predicted octanol–water partition coefficient (Wildman–Crippen LogP) is 4.37. The van der Waals surface area contributed by atoms with Crippen LogP contribution in [0.1, 0.15) is 15.9 Å². The Morgan fingerprint density at radius 3 is 2.48 bits per heavy atom. The summed E-state index contributed by atoms with van der Waals surface area (Å²) in [6, 6.07) is 17.8. The van der Waals surface area contributed by atoms with Gasteiger partial charge in [0.15, 0.2) is 0 Å². The lowest BCUT2D eigenvalue weighted by atomic mass is 10.1. The van der Waals surface area contributed by atoms with Crippen molar-refractivity contribution < 1.29 is 9.18 Å². The number of nitrogens with zero attached hydrogens (tertiary/aromatic N) is 2. The molecule has 2 aromatic carbocycles. The minimum Gasteiger partial charge on any atom is -0.355 e. The fourth-order valence-corrected chi connectivity index (χ4v) is 4.18. The Labute approximate surface area is 174 Å². The van der Waals surface area contributed by atoms with Gasteiger partial charge in [-0.05, 0) is 47.5 Å². The molecule has 1 fully saturated rings. The molecular formula is C23H22FN3OS. The molecule has 0 atom stereocenters. The van der Waals surface area contributed by atoms with Crippen molar-refractivity contribution in [3.8, 4) is 11.1 Å². The van der Waals surface area contributed by atoms with Crippen molar-refractivity contribution in [3.05, 3.63) is 83.8 Å². The summed E-state index contributed by atoms with van der Waals surface area (Å²) in [4.78, 5) is 19.3. The van der Waals surface area contributed by atoms with Crippen molar-refractivity contribution in [2.45, 2.75) is 6.54 Å². The van der Waals surface area contributed by atoms with Gasteiger partial charge in [-0.25, -0.2) is 9.37 Å². The lowest BCUT2D eigenvalue weighted by Gasteiger charge is -2.27. The van der Waals surface area contributed by atoms with Crippen LogP contribution in [0, 0.1) is 5.82 Å². The highest BCUT2D eigenvalue weighted by Gasteiger charge is 2.12. The van der Waals surface area contributed by atoms with E-state index in [1.165, 1.54) is 12.1 Å². The number of thioether (sulfide) groups is 1. The molecule has 0 radical (unpaired) electrons. The molecule has 4 rings (SSSR count). The quantitative estimate of drug-likeness (QED) is 0.682. The summed E-state index contributed by atoms with van der Waals surface area (Å²) in [6.07, 6.45) is 1.89. The van der Waals surface area contributed by atoms with Gasteiger partial charge in [0.1, 0.15) is 11.6 Å². The van der Waals surface area contributed by atoms with E-state index in [2.05, 4.69) is 27.3 Å². The molecule has 0 spiro atoms. The second-order valence-corrected chi connectivity index (χ2v) is 8.12. The second-order valence-electron chi connectivity index (χ2n) is 6.89. The highest BCUT2D eigenvalue weighted by molar-refractivity contribution is 7.99. The van der Waals surface area contributed by atoms with E-state index in [9.17, 15) is 9.18 Å². The number of halogens is 1. The number of rotatable bonds is 5. The first kappa shape index (κ1) is 19.5. The Hall–Kier alpha value is -2.86. The number of benzene rings is 2. The van der Waals surface area contributed by atoms with Gasteiger partial charge in [-0.3, -0.25) is 4.79 Å². The zero-order valence-electron chi connectivity index (χ0n) is 16.0. The van der Waals surface area contributed by atoms with Crippen LogP contribution in [-0.4, -0.2) is 35.5 Å². The van der Waals surface area contributed by atoms with Crippen molar-refractivity contribution >= 4 is 23.5 Å². The van der Waals surface area contributed by atoms with Gasteiger partial charge in [0.25, 0.3) is 5.91 Å². The molecule has 0 bridgehead atoms. The van der Waals surface area contributed by atoms with E-state index in [1.807, 2.05) is 30.1 Å². The molecule has 148 valence electrons. The number of amides is 1. The molecular weight excluding hydrogens is 385 g/mol. The average Bonchev–Trinajstić information content (AvgIpc) is 2.78. The zero-order valence-corrected chi connectivity index (χ0v) is 16.8. The summed E-state index contributed by atoms with van der Waals surface area (Å²) in [6.45, 7) is 2.37. The van der Waals surface area contributed by atoms with Gasteiger partial charge in [0.2, 0.25) is 0 Å².